The summed E-state index contributed by atoms with van der Waals surface area (Å²) in [6.45, 7) is 11.1. The third-order valence-electron chi connectivity index (χ3n) is 2.97. The van der Waals surface area contributed by atoms with Crippen LogP contribution in [0.2, 0.25) is 0 Å². The first kappa shape index (κ1) is 16.5. The molecule has 0 radical (unpaired) electrons. The van der Waals surface area contributed by atoms with E-state index in [2.05, 4.69) is 50.1 Å². The van der Waals surface area contributed by atoms with Crippen molar-refractivity contribution in [2.75, 3.05) is 12.8 Å². The maximum Gasteiger partial charge on any atom is 0.228 e. The predicted molar refractivity (Wildman–Crippen MR) is 81.3 cm³/mol. The number of rotatable bonds is 7. The van der Waals surface area contributed by atoms with Crippen molar-refractivity contribution in [1.29, 1.82) is 0 Å². The number of nitrogens with one attached hydrogen (secondary N) is 1. The van der Waals surface area contributed by atoms with Crippen LogP contribution in [-0.4, -0.2) is 29.0 Å². The van der Waals surface area contributed by atoms with Crippen LogP contribution in [0.3, 0.4) is 0 Å². The van der Waals surface area contributed by atoms with Gasteiger partial charge in [-0.1, -0.05) is 39.8 Å². The molecule has 5 heteroatoms. The van der Waals surface area contributed by atoms with Crippen LogP contribution in [0.5, 0.6) is 0 Å². The molecular weight excluding hydrogens is 258 g/mol. The Morgan fingerprint density at radius 1 is 1.32 bits per heavy atom. The Kier molecular flexibility index (Phi) is 6.33. The molecule has 4 nitrogen and oxygen atoms in total. The largest absolute Gasteiger partial charge is 0.339 e. The second-order valence-electron chi connectivity index (χ2n) is 6.42. The Balaban J connectivity index is 2.50. The van der Waals surface area contributed by atoms with Crippen molar-refractivity contribution in [2.24, 2.45) is 11.3 Å². The van der Waals surface area contributed by atoms with Crippen molar-refractivity contribution < 1.29 is 4.52 Å². The molecule has 0 amide bonds. The highest BCUT2D eigenvalue weighted by Crippen LogP contribution is 2.22. The normalized spacial score (nSPS) is 14.1. The lowest BCUT2D eigenvalue weighted by Gasteiger charge is -2.29. The lowest BCUT2D eigenvalue weighted by atomic mass is 9.85. The lowest BCUT2D eigenvalue weighted by molar-refractivity contribution is 0.255. The zero-order chi connectivity index (χ0) is 14.5. The zero-order valence-corrected chi connectivity index (χ0v) is 13.8. The third-order valence-corrected chi connectivity index (χ3v) is 4.33. The van der Waals surface area contributed by atoms with Crippen molar-refractivity contribution in [3.8, 4) is 0 Å². The summed E-state index contributed by atoms with van der Waals surface area (Å²) >= 11 is 1.86. The Bertz CT molecular complexity index is 371. The fraction of sp³-hybridized carbons (Fsp3) is 0.857. The van der Waals surface area contributed by atoms with Gasteiger partial charge in [-0.05, 0) is 24.1 Å². The summed E-state index contributed by atoms with van der Waals surface area (Å²) < 4.78 is 5.34. The Hall–Kier alpha value is -0.550. The molecule has 0 aliphatic rings. The summed E-state index contributed by atoms with van der Waals surface area (Å²) in [6, 6.07) is 0.337. The van der Waals surface area contributed by atoms with Crippen LogP contribution in [-0.2, 0) is 12.2 Å². The minimum atomic E-state index is 0.176. The van der Waals surface area contributed by atoms with Gasteiger partial charge >= 0.3 is 0 Å². The maximum absolute atomic E-state index is 5.34. The van der Waals surface area contributed by atoms with Crippen LogP contribution in [0.25, 0.3) is 0 Å². The van der Waals surface area contributed by atoms with E-state index >= 15 is 0 Å². The number of hydrogen-bond acceptors (Lipinski definition) is 5. The van der Waals surface area contributed by atoms with Gasteiger partial charge in [0.1, 0.15) is 0 Å². The van der Waals surface area contributed by atoms with Gasteiger partial charge in [0.05, 0.1) is 5.75 Å². The summed E-state index contributed by atoms with van der Waals surface area (Å²) in [5, 5.41) is 7.37. The first-order valence-corrected chi connectivity index (χ1v) is 8.05. The van der Waals surface area contributed by atoms with E-state index in [1.807, 2.05) is 18.8 Å². The van der Waals surface area contributed by atoms with E-state index in [0.717, 1.165) is 29.6 Å². The quantitative estimate of drug-likeness (QED) is 0.834. The fourth-order valence-electron chi connectivity index (χ4n) is 1.83. The zero-order valence-electron chi connectivity index (χ0n) is 13.0. The molecule has 0 saturated heterocycles. The molecule has 1 heterocycles. The van der Waals surface area contributed by atoms with Crippen molar-refractivity contribution in [2.45, 2.75) is 52.8 Å². The average Bonchev–Trinajstić information content (AvgIpc) is 2.71. The molecule has 1 rings (SSSR count). The van der Waals surface area contributed by atoms with E-state index in [4.69, 9.17) is 4.52 Å². The van der Waals surface area contributed by atoms with Crippen LogP contribution >= 0.6 is 11.8 Å². The minimum Gasteiger partial charge on any atom is -0.339 e. The predicted octanol–water partition coefficient (Wildman–Crippen LogP) is 3.14. The molecule has 0 spiro atoms. The second kappa shape index (κ2) is 7.29. The number of likely N-dealkylation sites (N-methyl/N-ethyl adjacent to an activating group) is 1. The minimum absolute atomic E-state index is 0.176. The molecule has 1 N–H and O–H groups in total. The lowest BCUT2D eigenvalue weighted by Crippen LogP contribution is -2.39. The van der Waals surface area contributed by atoms with Gasteiger partial charge < -0.3 is 9.84 Å². The number of hydrogen-bond donors (Lipinski definition) is 1. The molecule has 1 aromatic rings. The molecule has 0 fully saturated rings. The molecule has 0 aliphatic carbocycles. The number of nitrogens with zero attached hydrogens (tertiary/aromatic N) is 2. The van der Waals surface area contributed by atoms with Crippen LogP contribution in [0.1, 0.15) is 46.3 Å². The first-order valence-electron chi connectivity index (χ1n) is 6.89. The SMILES string of the molecule is CNC(Cc1nc(CSCC(C)C)no1)C(C)(C)C. The third kappa shape index (κ3) is 5.95. The summed E-state index contributed by atoms with van der Waals surface area (Å²) in [7, 11) is 1.98. The molecule has 1 aromatic heterocycles. The van der Waals surface area contributed by atoms with E-state index in [1.54, 1.807) is 0 Å². The monoisotopic (exact) mass is 285 g/mol. The highest BCUT2D eigenvalue weighted by molar-refractivity contribution is 7.98. The second-order valence-corrected chi connectivity index (χ2v) is 7.45. The first-order chi connectivity index (χ1) is 8.82. The Morgan fingerprint density at radius 2 is 2.00 bits per heavy atom. The highest BCUT2D eigenvalue weighted by Gasteiger charge is 2.25. The van der Waals surface area contributed by atoms with Gasteiger partial charge in [-0.25, -0.2) is 0 Å². The van der Waals surface area contributed by atoms with E-state index in [9.17, 15) is 0 Å². The van der Waals surface area contributed by atoms with Crippen molar-refractivity contribution >= 4 is 11.8 Å². The van der Waals surface area contributed by atoms with Gasteiger partial charge in [0, 0.05) is 12.5 Å². The molecule has 0 aromatic carbocycles. The molecule has 1 atom stereocenters. The highest BCUT2D eigenvalue weighted by atomic mass is 32.2. The maximum atomic E-state index is 5.34. The fourth-order valence-corrected chi connectivity index (χ4v) is 2.72. The van der Waals surface area contributed by atoms with Crippen LogP contribution in [0.4, 0.5) is 0 Å². The molecule has 0 saturated carbocycles. The smallest absolute Gasteiger partial charge is 0.228 e. The Labute approximate surface area is 121 Å². The molecule has 19 heavy (non-hydrogen) atoms. The van der Waals surface area contributed by atoms with Gasteiger partial charge in [-0.3, -0.25) is 0 Å². The average molecular weight is 285 g/mol. The van der Waals surface area contributed by atoms with Crippen LogP contribution in [0, 0.1) is 11.3 Å². The molecule has 0 aliphatic heterocycles. The number of aromatic nitrogens is 2. The summed E-state index contributed by atoms with van der Waals surface area (Å²) in [5.74, 6) is 4.21. The van der Waals surface area contributed by atoms with E-state index in [1.165, 1.54) is 0 Å². The van der Waals surface area contributed by atoms with E-state index < -0.39 is 0 Å². The van der Waals surface area contributed by atoms with Crippen molar-refractivity contribution in [3.63, 3.8) is 0 Å². The Morgan fingerprint density at radius 3 is 2.53 bits per heavy atom. The van der Waals surface area contributed by atoms with Gasteiger partial charge in [0.2, 0.25) is 5.89 Å². The molecule has 110 valence electrons. The standard InChI is InChI=1S/C14H27N3OS/c1-10(2)8-19-9-12-16-13(18-17-12)7-11(15-6)14(3,4)5/h10-11,15H,7-9H2,1-6H3. The van der Waals surface area contributed by atoms with Crippen LogP contribution < -0.4 is 5.32 Å². The van der Waals surface area contributed by atoms with E-state index in [-0.39, 0.29) is 5.41 Å². The van der Waals surface area contributed by atoms with Gasteiger partial charge in [0.15, 0.2) is 5.82 Å². The van der Waals surface area contributed by atoms with Crippen molar-refractivity contribution in [3.05, 3.63) is 11.7 Å². The van der Waals surface area contributed by atoms with E-state index in [0.29, 0.717) is 12.0 Å². The molecular formula is C14H27N3OS. The van der Waals surface area contributed by atoms with Gasteiger partial charge in [-0.2, -0.15) is 16.7 Å². The van der Waals surface area contributed by atoms with Gasteiger partial charge in [-0.15, -0.1) is 0 Å². The molecule has 1 unspecified atom stereocenters. The summed E-state index contributed by atoms with van der Waals surface area (Å²) in [6.07, 6.45) is 0.780. The molecule has 0 bridgehead atoms. The van der Waals surface area contributed by atoms with Crippen molar-refractivity contribution in [1.82, 2.24) is 15.5 Å². The summed E-state index contributed by atoms with van der Waals surface area (Å²) in [5.41, 5.74) is 0.176. The summed E-state index contributed by atoms with van der Waals surface area (Å²) in [4.78, 5) is 4.47. The van der Waals surface area contributed by atoms with Crippen LogP contribution in [0.15, 0.2) is 4.52 Å². The topological polar surface area (TPSA) is 51.0 Å². The number of thioether (sulfide) groups is 1. The van der Waals surface area contributed by atoms with Gasteiger partial charge in [0.25, 0.3) is 0 Å².